The Kier molecular flexibility index (Phi) is 3.68. The van der Waals surface area contributed by atoms with Crippen LogP contribution in [-0.4, -0.2) is 16.9 Å². The summed E-state index contributed by atoms with van der Waals surface area (Å²) < 4.78 is 6.44. The third-order valence-corrected chi connectivity index (χ3v) is 3.08. The maximum atomic E-state index is 12.1. The van der Waals surface area contributed by atoms with E-state index in [-0.39, 0.29) is 17.3 Å². The first-order chi connectivity index (χ1) is 8.47. The van der Waals surface area contributed by atoms with Gasteiger partial charge in [-0.2, -0.15) is 0 Å². The highest BCUT2D eigenvalue weighted by Gasteiger charge is 2.17. The number of carboxylic acid groups (broad SMARTS) is 1. The molecule has 18 heavy (non-hydrogen) atoms. The van der Waals surface area contributed by atoms with Gasteiger partial charge in [-0.3, -0.25) is 4.79 Å². The monoisotopic (exact) mass is 372 g/mol. The number of benzene rings is 1. The van der Waals surface area contributed by atoms with Gasteiger partial charge in [-0.1, -0.05) is 31.9 Å². The van der Waals surface area contributed by atoms with Gasteiger partial charge in [-0.25, -0.2) is 4.79 Å². The van der Waals surface area contributed by atoms with E-state index in [4.69, 9.17) is 9.52 Å². The van der Waals surface area contributed by atoms with Gasteiger partial charge in [0, 0.05) is 14.5 Å². The number of aromatic carboxylic acids is 1. The van der Waals surface area contributed by atoms with Crippen LogP contribution in [0.5, 0.6) is 0 Å². The zero-order chi connectivity index (χ0) is 13.3. The molecular weight excluding hydrogens is 368 g/mol. The predicted molar refractivity (Wildman–Crippen MR) is 70.9 cm³/mol. The predicted octanol–water partition coefficient (Wildman–Crippen LogP) is 3.73. The molecule has 0 aliphatic carbocycles. The van der Waals surface area contributed by atoms with Crippen molar-refractivity contribution in [2.24, 2.45) is 0 Å². The Morgan fingerprint density at radius 2 is 1.56 bits per heavy atom. The van der Waals surface area contributed by atoms with Gasteiger partial charge in [0.25, 0.3) is 0 Å². The summed E-state index contributed by atoms with van der Waals surface area (Å²) in [7, 11) is 0. The van der Waals surface area contributed by atoms with Gasteiger partial charge in [0.05, 0.1) is 0 Å². The molecule has 1 aromatic carbocycles. The van der Waals surface area contributed by atoms with Crippen molar-refractivity contribution in [2.75, 3.05) is 0 Å². The quantitative estimate of drug-likeness (QED) is 0.832. The van der Waals surface area contributed by atoms with Crippen molar-refractivity contribution in [1.82, 2.24) is 0 Å². The number of furan rings is 1. The fraction of sp³-hybridized carbons (Fsp3) is 0. The van der Waals surface area contributed by atoms with Crippen molar-refractivity contribution in [3.8, 4) is 0 Å². The van der Waals surface area contributed by atoms with Crippen LogP contribution in [0.1, 0.15) is 26.7 Å². The maximum Gasteiger partial charge on any atom is 0.371 e. The molecule has 6 heteroatoms. The van der Waals surface area contributed by atoms with Crippen molar-refractivity contribution >= 4 is 43.6 Å². The molecule has 0 amide bonds. The summed E-state index contributed by atoms with van der Waals surface area (Å²) in [6.07, 6.45) is 0. The molecule has 0 spiro atoms. The topological polar surface area (TPSA) is 67.5 Å². The molecule has 0 aliphatic rings. The van der Waals surface area contributed by atoms with E-state index in [1.807, 2.05) is 0 Å². The summed E-state index contributed by atoms with van der Waals surface area (Å²) in [6, 6.07) is 7.66. The first kappa shape index (κ1) is 13.0. The van der Waals surface area contributed by atoms with Crippen molar-refractivity contribution in [2.45, 2.75) is 0 Å². The van der Waals surface area contributed by atoms with Crippen LogP contribution in [0, 0.1) is 0 Å². The van der Waals surface area contributed by atoms with Crippen molar-refractivity contribution in [3.05, 3.63) is 56.4 Å². The smallest absolute Gasteiger partial charge is 0.371 e. The Hall–Kier alpha value is -1.40. The minimum atomic E-state index is -1.20. The molecule has 0 aliphatic heterocycles. The second-order valence-electron chi connectivity index (χ2n) is 3.46. The average Bonchev–Trinajstić information content (AvgIpc) is 2.75. The average molecular weight is 374 g/mol. The summed E-state index contributed by atoms with van der Waals surface area (Å²) in [4.78, 5) is 22.7. The van der Waals surface area contributed by atoms with Crippen LogP contribution < -0.4 is 0 Å². The Morgan fingerprint density at radius 3 is 2.06 bits per heavy atom. The number of ketones is 1. The highest BCUT2D eigenvalue weighted by molar-refractivity contribution is 9.11. The largest absolute Gasteiger partial charge is 0.475 e. The van der Waals surface area contributed by atoms with Crippen LogP contribution in [-0.2, 0) is 0 Å². The highest BCUT2D eigenvalue weighted by Crippen LogP contribution is 2.22. The van der Waals surface area contributed by atoms with Crippen molar-refractivity contribution in [3.63, 3.8) is 0 Å². The summed E-state index contributed by atoms with van der Waals surface area (Å²) in [6.45, 7) is 0. The third-order valence-electron chi connectivity index (χ3n) is 2.17. The van der Waals surface area contributed by atoms with Gasteiger partial charge in [0.1, 0.15) is 0 Å². The number of carbonyl (C=O) groups excluding carboxylic acids is 1. The number of halogens is 2. The fourth-order valence-corrected chi connectivity index (χ4v) is 2.70. The van der Waals surface area contributed by atoms with Gasteiger partial charge >= 0.3 is 5.97 Å². The van der Waals surface area contributed by atoms with Crippen molar-refractivity contribution < 1.29 is 19.1 Å². The Bertz CT molecular complexity index is 611. The maximum absolute atomic E-state index is 12.1. The van der Waals surface area contributed by atoms with Crippen molar-refractivity contribution in [1.29, 1.82) is 0 Å². The van der Waals surface area contributed by atoms with Crippen LogP contribution in [0.4, 0.5) is 0 Å². The van der Waals surface area contributed by atoms with E-state index in [1.54, 1.807) is 18.2 Å². The van der Waals surface area contributed by atoms with E-state index >= 15 is 0 Å². The first-order valence-electron chi connectivity index (χ1n) is 4.81. The van der Waals surface area contributed by atoms with Gasteiger partial charge in [-0.15, -0.1) is 0 Å². The lowest BCUT2D eigenvalue weighted by Gasteiger charge is -2.00. The molecular formula is C12H6Br2O4. The number of hydrogen-bond donors (Lipinski definition) is 1. The molecule has 1 N–H and O–H groups in total. The van der Waals surface area contributed by atoms with E-state index in [0.717, 1.165) is 8.95 Å². The summed E-state index contributed by atoms with van der Waals surface area (Å²) >= 11 is 6.55. The lowest BCUT2D eigenvalue weighted by Crippen LogP contribution is -2.00. The number of carboxylic acids is 1. The van der Waals surface area contributed by atoms with Gasteiger partial charge in [0.15, 0.2) is 5.76 Å². The second kappa shape index (κ2) is 5.07. The third kappa shape index (κ3) is 2.70. The first-order valence-corrected chi connectivity index (χ1v) is 6.40. The number of hydrogen-bond acceptors (Lipinski definition) is 3. The molecule has 0 bridgehead atoms. The molecule has 0 atom stereocenters. The van der Waals surface area contributed by atoms with E-state index in [0.29, 0.717) is 5.56 Å². The number of carbonyl (C=O) groups is 2. The highest BCUT2D eigenvalue weighted by atomic mass is 79.9. The minimum absolute atomic E-state index is 0.00241. The van der Waals surface area contributed by atoms with Crippen LogP contribution in [0.3, 0.4) is 0 Å². The molecule has 2 rings (SSSR count). The molecule has 0 radical (unpaired) electrons. The standard InChI is InChI=1S/C12H6Br2O4/c13-7-3-6(4-8(14)5-7)11(15)9-1-2-10(18-9)12(16)17/h1-5H,(H,16,17). The normalized spacial score (nSPS) is 10.3. The minimum Gasteiger partial charge on any atom is -0.475 e. The van der Waals surface area contributed by atoms with Gasteiger partial charge < -0.3 is 9.52 Å². The summed E-state index contributed by atoms with van der Waals surface area (Å²) in [5.41, 5.74) is 0.405. The molecule has 0 saturated heterocycles. The SMILES string of the molecule is O=C(O)c1ccc(C(=O)c2cc(Br)cc(Br)c2)o1. The molecule has 1 aromatic heterocycles. The van der Waals surface area contributed by atoms with Gasteiger partial charge in [0.2, 0.25) is 11.5 Å². The van der Waals surface area contributed by atoms with Crippen LogP contribution in [0.25, 0.3) is 0 Å². The zero-order valence-electron chi connectivity index (χ0n) is 8.81. The van der Waals surface area contributed by atoms with Crippen LogP contribution >= 0.6 is 31.9 Å². The molecule has 0 saturated carbocycles. The van der Waals surface area contributed by atoms with Crippen LogP contribution in [0.15, 0.2) is 43.7 Å². The second-order valence-corrected chi connectivity index (χ2v) is 5.29. The molecule has 1 heterocycles. The summed E-state index contributed by atoms with van der Waals surface area (Å²) in [5, 5.41) is 8.72. The van der Waals surface area contributed by atoms with Crippen LogP contribution in [0.2, 0.25) is 0 Å². The molecule has 2 aromatic rings. The van der Waals surface area contributed by atoms with Gasteiger partial charge in [-0.05, 0) is 30.3 Å². The Balaban J connectivity index is 2.38. The molecule has 0 unspecified atom stereocenters. The summed E-state index contributed by atoms with van der Waals surface area (Å²) in [5.74, 6) is -1.83. The lowest BCUT2D eigenvalue weighted by atomic mass is 10.1. The van der Waals surface area contributed by atoms with E-state index in [1.165, 1.54) is 12.1 Å². The van der Waals surface area contributed by atoms with E-state index in [9.17, 15) is 9.59 Å². The Labute approximate surface area is 119 Å². The zero-order valence-corrected chi connectivity index (χ0v) is 12.0. The lowest BCUT2D eigenvalue weighted by molar-refractivity contribution is 0.0660. The Morgan fingerprint density at radius 1 is 1.00 bits per heavy atom. The molecule has 0 fully saturated rings. The van der Waals surface area contributed by atoms with E-state index in [2.05, 4.69) is 31.9 Å². The molecule has 4 nitrogen and oxygen atoms in total. The fourth-order valence-electron chi connectivity index (χ4n) is 1.40. The number of rotatable bonds is 3. The van der Waals surface area contributed by atoms with E-state index < -0.39 is 5.97 Å². The molecule has 92 valence electrons.